The Labute approximate surface area is 674 Å². The van der Waals surface area contributed by atoms with Crippen molar-refractivity contribution in [3.8, 4) is 39.5 Å². The van der Waals surface area contributed by atoms with Gasteiger partial charge in [0.2, 0.25) is 41.9 Å². The molecule has 18 aromatic rings. The van der Waals surface area contributed by atoms with Gasteiger partial charge in [-0.15, -0.1) is 5.10 Å². The van der Waals surface area contributed by atoms with Crippen LogP contribution in [0.2, 0.25) is 5.02 Å². The Bertz CT molecular complexity index is 6570. The molecule has 608 valence electrons. The molecule has 120 heavy (non-hydrogen) atoms. The van der Waals surface area contributed by atoms with Gasteiger partial charge in [0.1, 0.15) is 11.3 Å². The summed E-state index contributed by atoms with van der Waals surface area (Å²) in [6, 6.07) is 44.1. The summed E-state index contributed by atoms with van der Waals surface area (Å²) in [5, 5.41) is 207. The van der Waals surface area contributed by atoms with E-state index in [4.69, 9.17) is 27.8 Å². The molecule has 0 aliphatic carbocycles. The Hall–Kier alpha value is -17.7. The minimum atomic E-state index is -0.775. The second-order valence-corrected chi connectivity index (χ2v) is 25.6. The van der Waals surface area contributed by atoms with Gasteiger partial charge in [-0.2, -0.15) is 25.7 Å². The highest BCUT2D eigenvalue weighted by atomic mass is 35.5. The lowest BCUT2D eigenvalue weighted by molar-refractivity contribution is -0.673. The molecule has 0 spiro atoms. The van der Waals surface area contributed by atoms with Crippen LogP contribution < -0.4 is 94.9 Å². The number of nitrogens with zero attached hydrogens (tertiary/aromatic N) is 24. The first-order valence-corrected chi connectivity index (χ1v) is 35.3. The molecule has 7 aromatic carbocycles. The average Bonchev–Trinajstić information content (AvgIpc) is 1.72. The Morgan fingerprint density at radius 3 is 1.42 bits per heavy atom. The molecule has 18 rings (SSSR count). The Balaban J connectivity index is 0.000000126. The Morgan fingerprint density at radius 1 is 0.450 bits per heavy atom. The number of nitrogen functional groups attached to an aromatic ring is 2. The molecule has 13 N–H and O–H groups in total. The zero-order valence-electron chi connectivity index (χ0n) is 62.2. The molecule has 2 amide bonds. The molecule has 0 aliphatic heterocycles. The number of benzene rings is 7. The SMILES string of the molecule is CN(C)CCCOc1ccc(Cl)cc1NC(=O)Nc1n[n+]([O-])c2ccccc2[n+]1[O-].Cc1cc(Nc2n[n+]([O-])c3ccccc3[n+]2[O-])n[nH]1.Nc1n[n+]([O-])c2cc(-c3ccn[nH]3)ccc2[n+]1[O-].Nc1n[n+]([O-])c2cc(-c3cn[nH]c3)ccc2[n+]1[O-].[O-][n+]1nc(-c2cn[nH]c2)[n+]([O-])c2ccccc21.[O-][n+]1nc(Nc2ccn[nH]2)[n+]([O-])c2ccccc21. The molecular formula is C70H62ClN35O14. The van der Waals surface area contributed by atoms with Gasteiger partial charge in [0.15, 0.2) is 33.4 Å². The number of ether oxygens (including phenoxy) is 1. The third-order valence-electron chi connectivity index (χ3n) is 16.9. The molecule has 0 aliphatic rings. The summed E-state index contributed by atoms with van der Waals surface area (Å²) in [4.78, 5) is 16.7. The number of aryl methyl sites for hydroxylation is 1. The van der Waals surface area contributed by atoms with Gasteiger partial charge in [0, 0.05) is 120 Å². The fourth-order valence-corrected chi connectivity index (χ4v) is 11.4. The summed E-state index contributed by atoms with van der Waals surface area (Å²) < 4.78 is 8.68. The summed E-state index contributed by atoms with van der Waals surface area (Å²) in [6.07, 6.45) is 10.2. The fourth-order valence-electron chi connectivity index (χ4n) is 11.2. The van der Waals surface area contributed by atoms with Gasteiger partial charge < -0.3 is 72.1 Å². The van der Waals surface area contributed by atoms with Crippen LogP contribution >= 0.6 is 11.6 Å². The number of hydrogen-bond donors (Lipinski definition) is 11. The lowest BCUT2D eigenvalue weighted by Gasteiger charge is -2.14. The first-order valence-electron chi connectivity index (χ1n) is 34.9. The first-order chi connectivity index (χ1) is 57.8. The van der Waals surface area contributed by atoms with Crippen LogP contribution in [0.4, 0.5) is 51.9 Å². The number of nitrogens with one attached hydrogen (secondary N) is 9. The van der Waals surface area contributed by atoms with Gasteiger partial charge >= 0.3 is 47.1 Å². The number of aromatic amines is 5. The third-order valence-corrected chi connectivity index (χ3v) is 17.1. The molecule has 0 saturated carbocycles. The number of anilines is 8. The van der Waals surface area contributed by atoms with Crippen LogP contribution in [0.1, 0.15) is 12.1 Å². The second kappa shape index (κ2) is 35.6. The van der Waals surface area contributed by atoms with Crippen molar-refractivity contribution in [1.29, 1.82) is 0 Å². The number of aromatic nitrogens is 28. The summed E-state index contributed by atoms with van der Waals surface area (Å²) in [7, 11) is 3.93. The lowest BCUT2D eigenvalue weighted by Crippen LogP contribution is -2.45. The van der Waals surface area contributed by atoms with Crippen molar-refractivity contribution in [3.05, 3.63) is 280 Å². The normalized spacial score (nSPS) is 10.8. The van der Waals surface area contributed by atoms with Crippen molar-refractivity contribution >= 4 is 131 Å². The van der Waals surface area contributed by atoms with E-state index >= 15 is 0 Å². The minimum absolute atomic E-state index is 0.0208. The number of para-hydroxylation sites is 8. The van der Waals surface area contributed by atoms with Gasteiger partial charge in [-0.1, -0.05) is 66.2 Å². The molecule has 49 nitrogen and oxygen atoms in total. The van der Waals surface area contributed by atoms with E-state index in [9.17, 15) is 67.3 Å². The highest BCUT2D eigenvalue weighted by molar-refractivity contribution is 6.31. The van der Waals surface area contributed by atoms with Gasteiger partial charge in [-0.05, 0) is 99.7 Å². The number of amides is 2. The van der Waals surface area contributed by atoms with Crippen LogP contribution in [0.25, 0.3) is 100.0 Å². The predicted molar refractivity (Wildman–Crippen MR) is 421 cm³/mol. The van der Waals surface area contributed by atoms with E-state index in [-0.39, 0.29) is 101 Å². The van der Waals surface area contributed by atoms with Crippen LogP contribution in [-0.2, 0) is 0 Å². The third kappa shape index (κ3) is 18.2. The number of nitrogens with two attached hydrogens (primary N) is 2. The number of carbonyl (C=O) groups excluding carboxylic acids is 1. The smallest absolute Gasteiger partial charge is 0.469 e. The minimum Gasteiger partial charge on any atom is -0.739 e. The molecular weight excluding hydrogens is 1590 g/mol. The summed E-state index contributed by atoms with van der Waals surface area (Å²) in [6.45, 7) is 3.12. The van der Waals surface area contributed by atoms with Crippen molar-refractivity contribution in [1.82, 2.24) is 86.5 Å². The van der Waals surface area contributed by atoms with Crippen molar-refractivity contribution in [3.63, 3.8) is 0 Å². The molecule has 0 atom stereocenters. The van der Waals surface area contributed by atoms with Gasteiger partial charge in [-0.25, -0.2) is 43.8 Å². The number of halogens is 1. The number of urea groups is 1. The molecule has 0 unspecified atom stereocenters. The maximum atomic E-state index is 12.4. The molecule has 0 fully saturated rings. The van der Waals surface area contributed by atoms with E-state index in [1.165, 1.54) is 61.1 Å². The van der Waals surface area contributed by atoms with E-state index in [0.717, 1.165) is 41.0 Å². The Kier molecular flexibility index (Phi) is 23.8. The molecule has 0 saturated heterocycles. The zero-order valence-corrected chi connectivity index (χ0v) is 63.0. The van der Waals surface area contributed by atoms with Crippen LogP contribution in [0.5, 0.6) is 5.75 Å². The average molecular weight is 1650 g/mol. The van der Waals surface area contributed by atoms with E-state index in [0.29, 0.717) is 92.9 Å². The molecule has 50 heteroatoms. The summed E-state index contributed by atoms with van der Waals surface area (Å²) in [5.41, 5.74) is 17.5. The van der Waals surface area contributed by atoms with Crippen LogP contribution in [-0.4, -0.2) is 120 Å². The highest BCUT2D eigenvalue weighted by Gasteiger charge is 2.28. The zero-order chi connectivity index (χ0) is 84.8. The second-order valence-electron chi connectivity index (χ2n) is 25.2. The van der Waals surface area contributed by atoms with Crippen LogP contribution in [0.3, 0.4) is 0 Å². The van der Waals surface area contributed by atoms with Crippen LogP contribution in [0, 0.1) is 69.4 Å². The largest absolute Gasteiger partial charge is 0.739 e. The highest BCUT2D eigenvalue weighted by Crippen LogP contribution is 2.29. The maximum absolute atomic E-state index is 12.4. The molecule has 11 heterocycles. The van der Waals surface area contributed by atoms with E-state index in [1.54, 1.807) is 146 Å². The summed E-state index contributed by atoms with van der Waals surface area (Å²) >= 11 is 6.03. The van der Waals surface area contributed by atoms with Gasteiger partial charge in [-0.3, -0.25) is 42.3 Å². The fraction of sp³-hybridized carbons (Fsp3) is 0.0857. The van der Waals surface area contributed by atoms with Crippen molar-refractivity contribution in [2.24, 2.45) is 0 Å². The standard InChI is InChI=1S/C19H21ClN6O4.C11H10N6O2.3C10H8N6O2.C10H7N5O2/c1-24(2)10-5-11-30-17-9-8-13(20)12-14(17)21-19(27)22-18-23-26(29)16-7-4-3-6-15(16)25(18)28;1-7-6-10(14-13-7)12-11-15-17(19)9-5-3-2-4-8(9)16(11)18;11-10-14-16(18)9-3-6(7-4-12-13-5-7)1-2-8(9)15(10)17;11-10-14-16(18)9-5-6(7-3-4-12-13-7)1-2-8(9)15(10)17;17-15-7-3-1-2-4-8(7)16(18)14-10(15)12-9-5-6-11-13-9;16-14-8-3-1-2-4-9(8)15(17)13-10(14)7-5-11-12-6-7/h3-4,6-9,12H,5,10-11H2,1-2H3,(H2,21,22,23,27);2-6H,1H3,(H2,12,13,14,15);2*1-5H,(H2,11,14)(H,12,13);1-6H,(H2,11,12,13,14);1-6H,(H,11,12). The molecule has 0 bridgehead atoms. The molecule has 11 aromatic heterocycles. The summed E-state index contributed by atoms with van der Waals surface area (Å²) in [5.74, 6) is -0.126. The van der Waals surface area contributed by atoms with Crippen molar-refractivity contribution < 1.29 is 67.0 Å². The topological polar surface area (TPSA) is 674 Å². The van der Waals surface area contributed by atoms with Crippen molar-refractivity contribution in [2.45, 2.75) is 13.3 Å². The van der Waals surface area contributed by atoms with E-state index < -0.39 is 12.0 Å². The lowest BCUT2D eigenvalue weighted by atomic mass is 10.1. The van der Waals surface area contributed by atoms with E-state index in [1.807, 2.05) is 25.9 Å². The van der Waals surface area contributed by atoms with E-state index in [2.05, 4.69) is 103 Å². The number of fused-ring (bicyclic) bond motifs is 6. The quantitative estimate of drug-likeness (QED) is 0.0414. The predicted octanol–water partition coefficient (Wildman–Crippen LogP) is 1.21. The number of carbonyl (C=O) groups is 1. The van der Waals surface area contributed by atoms with Gasteiger partial charge in [0.05, 0.1) is 41.4 Å². The maximum Gasteiger partial charge on any atom is 0.469 e. The van der Waals surface area contributed by atoms with Gasteiger partial charge in [0.25, 0.3) is 27.6 Å². The number of hydrogen-bond acceptors (Lipinski definition) is 30. The number of H-pyrrole nitrogens is 5. The Morgan fingerprint density at radius 2 is 0.917 bits per heavy atom. The number of rotatable bonds is 14. The first kappa shape index (κ1) is 80.4. The van der Waals surface area contributed by atoms with Crippen molar-refractivity contribution in [2.75, 3.05) is 60.0 Å². The van der Waals surface area contributed by atoms with Crippen LogP contribution in [0.15, 0.2) is 207 Å². The monoisotopic (exact) mass is 1650 g/mol. The molecule has 0 radical (unpaired) electrons.